The molecular formula is C17H14F3N3O2. The Morgan fingerprint density at radius 3 is 2.48 bits per heavy atom. The smallest absolute Gasteiger partial charge is 0.280 e. The van der Waals surface area contributed by atoms with Crippen molar-refractivity contribution in [1.29, 1.82) is 0 Å². The van der Waals surface area contributed by atoms with Crippen molar-refractivity contribution >= 4 is 10.9 Å². The van der Waals surface area contributed by atoms with Crippen molar-refractivity contribution in [2.75, 3.05) is 6.54 Å². The van der Waals surface area contributed by atoms with E-state index in [0.29, 0.717) is 17.6 Å². The third-order valence-corrected chi connectivity index (χ3v) is 3.94. The number of nitrogens with zero attached hydrogens (tertiary/aromatic N) is 2. The van der Waals surface area contributed by atoms with E-state index in [-0.39, 0.29) is 29.7 Å². The molecule has 0 amide bonds. The van der Waals surface area contributed by atoms with Gasteiger partial charge in [-0.2, -0.15) is 4.98 Å². The molecule has 0 aliphatic heterocycles. The molecular weight excluding hydrogens is 335 g/mol. The molecule has 1 unspecified atom stereocenters. The van der Waals surface area contributed by atoms with E-state index in [1.807, 2.05) is 0 Å². The molecule has 0 saturated carbocycles. The summed E-state index contributed by atoms with van der Waals surface area (Å²) in [6.45, 7) is 0.0899. The highest BCUT2D eigenvalue weighted by Gasteiger charge is 2.24. The third kappa shape index (κ3) is 3.08. The van der Waals surface area contributed by atoms with Crippen molar-refractivity contribution in [3.8, 4) is 5.75 Å². The van der Waals surface area contributed by atoms with Crippen LogP contribution in [0.1, 0.15) is 18.0 Å². The average molecular weight is 349 g/mol. The van der Waals surface area contributed by atoms with Crippen LogP contribution in [-0.4, -0.2) is 21.2 Å². The quantitative estimate of drug-likeness (QED) is 0.758. The minimum absolute atomic E-state index is 0.0899. The summed E-state index contributed by atoms with van der Waals surface area (Å²) in [6.07, 6.45) is 1.28. The molecule has 0 bridgehead atoms. The minimum Gasteiger partial charge on any atom is -0.508 e. The molecule has 0 saturated heterocycles. The zero-order valence-electron chi connectivity index (χ0n) is 12.9. The fourth-order valence-corrected chi connectivity index (χ4v) is 2.87. The van der Waals surface area contributed by atoms with E-state index in [4.69, 9.17) is 5.73 Å². The Morgan fingerprint density at radius 1 is 1.16 bits per heavy atom. The number of phenols is 1. The summed E-state index contributed by atoms with van der Waals surface area (Å²) in [5, 5.41) is 9.66. The normalized spacial score (nSPS) is 12.5. The van der Waals surface area contributed by atoms with Crippen LogP contribution in [-0.2, 0) is 0 Å². The van der Waals surface area contributed by atoms with Gasteiger partial charge < -0.3 is 15.4 Å². The Labute approximate surface area is 140 Å². The van der Waals surface area contributed by atoms with Gasteiger partial charge in [0.05, 0.1) is 23.3 Å². The number of nitrogens with two attached hydrogens (primary N) is 1. The van der Waals surface area contributed by atoms with Gasteiger partial charge in [-0.05, 0) is 31.2 Å². The highest BCUT2D eigenvalue weighted by molar-refractivity contribution is 5.79. The number of benzene rings is 2. The van der Waals surface area contributed by atoms with Crippen LogP contribution in [0.3, 0.4) is 0 Å². The third-order valence-electron chi connectivity index (χ3n) is 3.94. The summed E-state index contributed by atoms with van der Waals surface area (Å²) < 4.78 is 43.1. The Morgan fingerprint density at radius 2 is 1.84 bits per heavy atom. The lowest BCUT2D eigenvalue weighted by molar-refractivity contribution is 0.461. The summed E-state index contributed by atoms with van der Waals surface area (Å²) in [4.78, 5) is 15.6. The molecule has 0 radical (unpaired) electrons. The lowest BCUT2D eigenvalue weighted by Gasteiger charge is -2.23. The molecule has 1 heterocycles. The van der Waals surface area contributed by atoms with Gasteiger partial charge >= 0.3 is 0 Å². The van der Waals surface area contributed by atoms with Gasteiger partial charge in [0.1, 0.15) is 23.2 Å². The standard InChI is InChI=1S/C17H14F3N3O2/c18-9-5-12(19)16(13(20)6-9)15(3-4-21)23-8-22-17(25)11-7-10(24)1-2-14(11)23/h1-2,5-8,15,24H,3-4,21H2. The van der Waals surface area contributed by atoms with Crippen LogP contribution >= 0.6 is 0 Å². The number of aromatic nitrogens is 2. The van der Waals surface area contributed by atoms with Crippen LogP contribution in [0.15, 0.2) is 41.5 Å². The minimum atomic E-state index is -1.05. The van der Waals surface area contributed by atoms with Crippen molar-refractivity contribution < 1.29 is 18.3 Å². The maximum absolute atomic E-state index is 14.3. The van der Waals surface area contributed by atoms with E-state index in [1.165, 1.54) is 22.8 Å². The number of fused-ring (bicyclic) bond motifs is 1. The first kappa shape index (κ1) is 17.0. The van der Waals surface area contributed by atoms with Crippen molar-refractivity contribution in [1.82, 2.24) is 9.55 Å². The van der Waals surface area contributed by atoms with E-state index in [2.05, 4.69) is 4.98 Å². The van der Waals surface area contributed by atoms with E-state index in [9.17, 15) is 23.1 Å². The number of hydrogen-bond acceptors (Lipinski definition) is 4. The lowest BCUT2D eigenvalue weighted by atomic mass is 10.0. The molecule has 8 heteroatoms. The number of phenolic OH excluding ortho intramolecular Hbond substituents is 1. The number of rotatable bonds is 4. The zero-order chi connectivity index (χ0) is 18.1. The lowest BCUT2D eigenvalue weighted by Crippen LogP contribution is -2.22. The van der Waals surface area contributed by atoms with Gasteiger partial charge in [-0.3, -0.25) is 4.79 Å². The van der Waals surface area contributed by atoms with Crippen molar-refractivity contribution in [3.05, 3.63) is 70.0 Å². The van der Waals surface area contributed by atoms with Gasteiger partial charge in [0.25, 0.3) is 5.56 Å². The van der Waals surface area contributed by atoms with Crippen molar-refractivity contribution in [3.63, 3.8) is 0 Å². The molecule has 3 aromatic rings. The fraction of sp³-hybridized carbons (Fsp3) is 0.176. The second kappa shape index (κ2) is 6.56. The molecule has 25 heavy (non-hydrogen) atoms. The molecule has 130 valence electrons. The topological polar surface area (TPSA) is 81.1 Å². The SMILES string of the molecule is NCCC(c1c(F)cc(F)cc1F)n1cnc(=O)c2cc(O)ccc21. The molecule has 2 aromatic carbocycles. The van der Waals surface area contributed by atoms with Crippen LogP contribution < -0.4 is 11.3 Å². The molecule has 0 aliphatic rings. The van der Waals surface area contributed by atoms with Gasteiger partial charge in [0.2, 0.25) is 0 Å². The Balaban J connectivity index is 2.29. The second-order valence-corrected chi connectivity index (χ2v) is 5.53. The van der Waals surface area contributed by atoms with Crippen LogP contribution in [0.5, 0.6) is 5.75 Å². The summed E-state index contributed by atoms with van der Waals surface area (Å²) in [7, 11) is 0. The van der Waals surface area contributed by atoms with Crippen LogP contribution in [0.2, 0.25) is 0 Å². The van der Waals surface area contributed by atoms with Gasteiger partial charge in [0, 0.05) is 17.7 Å². The predicted octanol–water partition coefficient (Wildman–Crippen LogP) is 2.46. The maximum atomic E-state index is 14.3. The highest BCUT2D eigenvalue weighted by atomic mass is 19.1. The average Bonchev–Trinajstić information content (AvgIpc) is 2.54. The number of hydrogen-bond donors (Lipinski definition) is 2. The monoisotopic (exact) mass is 349 g/mol. The molecule has 1 atom stereocenters. The molecule has 0 spiro atoms. The Hall–Kier alpha value is -2.87. The van der Waals surface area contributed by atoms with Crippen molar-refractivity contribution in [2.45, 2.75) is 12.5 Å². The molecule has 5 nitrogen and oxygen atoms in total. The highest BCUT2D eigenvalue weighted by Crippen LogP contribution is 2.30. The van der Waals surface area contributed by atoms with Gasteiger partial charge in [-0.1, -0.05) is 0 Å². The Bertz CT molecular complexity index is 981. The first-order chi connectivity index (χ1) is 11.9. The second-order valence-electron chi connectivity index (χ2n) is 5.53. The molecule has 0 aliphatic carbocycles. The predicted molar refractivity (Wildman–Crippen MR) is 85.8 cm³/mol. The van der Waals surface area contributed by atoms with Crippen LogP contribution in [0.4, 0.5) is 13.2 Å². The summed E-state index contributed by atoms with van der Waals surface area (Å²) in [6, 6.07) is 4.24. The molecule has 3 N–H and O–H groups in total. The first-order valence-corrected chi connectivity index (χ1v) is 7.46. The van der Waals surface area contributed by atoms with Crippen molar-refractivity contribution in [2.24, 2.45) is 5.73 Å². The van der Waals surface area contributed by atoms with Crippen LogP contribution in [0, 0.1) is 17.5 Å². The molecule has 3 rings (SSSR count). The molecule has 1 aromatic heterocycles. The Kier molecular flexibility index (Phi) is 4.45. The number of aromatic hydroxyl groups is 1. The van der Waals surface area contributed by atoms with E-state index < -0.39 is 29.1 Å². The zero-order valence-corrected chi connectivity index (χ0v) is 12.9. The van der Waals surface area contributed by atoms with Gasteiger partial charge in [-0.15, -0.1) is 0 Å². The maximum Gasteiger partial charge on any atom is 0.280 e. The van der Waals surface area contributed by atoms with Gasteiger partial charge in [-0.25, -0.2) is 13.2 Å². The summed E-state index contributed by atoms with van der Waals surface area (Å²) in [5.74, 6) is -3.28. The molecule has 0 fully saturated rings. The number of halogens is 3. The summed E-state index contributed by atoms with van der Waals surface area (Å²) >= 11 is 0. The van der Waals surface area contributed by atoms with Crippen LogP contribution in [0.25, 0.3) is 10.9 Å². The van der Waals surface area contributed by atoms with E-state index >= 15 is 0 Å². The largest absolute Gasteiger partial charge is 0.508 e. The first-order valence-electron chi connectivity index (χ1n) is 7.46. The van der Waals surface area contributed by atoms with E-state index in [0.717, 1.165) is 6.33 Å². The summed E-state index contributed by atoms with van der Waals surface area (Å²) in [5.41, 5.74) is 4.94. The fourth-order valence-electron chi connectivity index (χ4n) is 2.87. The van der Waals surface area contributed by atoms with Gasteiger partial charge in [0.15, 0.2) is 0 Å². The van der Waals surface area contributed by atoms with E-state index in [1.54, 1.807) is 0 Å².